The fraction of sp³-hybridized carbons (Fsp3) is 1.00. The molecule has 0 aromatic rings. The summed E-state index contributed by atoms with van der Waals surface area (Å²) in [5, 5.41) is 0. The Hall–Kier alpha value is -0.220. The Morgan fingerprint density at radius 1 is 1.19 bits per heavy atom. The summed E-state index contributed by atoms with van der Waals surface area (Å²) in [5.74, 6) is 0. The maximum Gasteiger partial charge on any atom is 0.255 e. The molecule has 0 aliphatic carbocycles. The molecular weight excluding hydrogens is 210 g/mol. The molecular formula is C12H24F2N2. The summed E-state index contributed by atoms with van der Waals surface area (Å²) in [6.45, 7) is 10.4. The number of rotatable bonds is 4. The molecule has 1 saturated heterocycles. The lowest BCUT2D eigenvalue weighted by Gasteiger charge is -2.45. The van der Waals surface area contributed by atoms with E-state index in [0.717, 1.165) is 19.5 Å². The molecule has 1 unspecified atom stereocenters. The Morgan fingerprint density at radius 3 is 2.25 bits per heavy atom. The molecule has 0 aromatic carbocycles. The predicted molar refractivity (Wildman–Crippen MR) is 63.0 cm³/mol. The fourth-order valence-electron chi connectivity index (χ4n) is 2.32. The number of hydrogen-bond acceptors (Lipinski definition) is 2. The number of nitrogens with zero attached hydrogens (tertiary/aromatic N) is 2. The normalized spacial score (nSPS) is 26.6. The smallest absolute Gasteiger partial charge is 0.255 e. The van der Waals surface area contributed by atoms with Crippen LogP contribution < -0.4 is 0 Å². The van der Waals surface area contributed by atoms with Crippen LogP contribution in [-0.4, -0.2) is 54.0 Å². The highest BCUT2D eigenvalue weighted by Crippen LogP contribution is 2.21. The summed E-state index contributed by atoms with van der Waals surface area (Å²) in [6.07, 6.45) is -1.30. The SMILES string of the molecule is CCC(C)N1CCN(C(C)C)C[C@@H]1C(F)F. The summed E-state index contributed by atoms with van der Waals surface area (Å²) in [6, 6.07) is 0.0275. The third-order valence-electron chi connectivity index (χ3n) is 3.67. The van der Waals surface area contributed by atoms with Crippen LogP contribution in [0.1, 0.15) is 34.1 Å². The molecule has 0 bridgehead atoms. The van der Waals surface area contributed by atoms with Crippen molar-refractivity contribution < 1.29 is 8.78 Å². The third kappa shape index (κ3) is 3.14. The molecule has 4 heteroatoms. The van der Waals surface area contributed by atoms with Crippen LogP contribution in [0, 0.1) is 0 Å². The lowest BCUT2D eigenvalue weighted by atomic mass is 10.1. The van der Waals surface area contributed by atoms with E-state index in [2.05, 4.69) is 25.7 Å². The highest BCUT2D eigenvalue weighted by molar-refractivity contribution is 4.87. The number of alkyl halides is 2. The molecule has 96 valence electrons. The summed E-state index contributed by atoms with van der Waals surface area (Å²) < 4.78 is 26.1. The van der Waals surface area contributed by atoms with Crippen molar-refractivity contribution in [2.45, 2.75) is 58.7 Å². The van der Waals surface area contributed by atoms with Gasteiger partial charge in [0.1, 0.15) is 0 Å². The number of hydrogen-bond donors (Lipinski definition) is 0. The molecule has 0 saturated carbocycles. The lowest BCUT2D eigenvalue weighted by Crippen LogP contribution is -2.59. The average molecular weight is 234 g/mol. The fourth-order valence-corrected chi connectivity index (χ4v) is 2.32. The lowest BCUT2D eigenvalue weighted by molar-refractivity contribution is -0.0480. The zero-order valence-corrected chi connectivity index (χ0v) is 10.8. The van der Waals surface area contributed by atoms with E-state index in [-0.39, 0.29) is 6.04 Å². The van der Waals surface area contributed by atoms with Gasteiger partial charge in [-0.25, -0.2) is 8.78 Å². The zero-order chi connectivity index (χ0) is 12.3. The molecule has 2 nitrogen and oxygen atoms in total. The van der Waals surface area contributed by atoms with E-state index in [1.165, 1.54) is 0 Å². The van der Waals surface area contributed by atoms with E-state index in [1.807, 2.05) is 11.8 Å². The van der Waals surface area contributed by atoms with Gasteiger partial charge in [-0.2, -0.15) is 0 Å². The monoisotopic (exact) mass is 234 g/mol. The van der Waals surface area contributed by atoms with Crippen LogP contribution in [0.15, 0.2) is 0 Å². The van der Waals surface area contributed by atoms with Gasteiger partial charge in [0, 0.05) is 31.7 Å². The predicted octanol–water partition coefficient (Wildman–Crippen LogP) is 2.44. The van der Waals surface area contributed by atoms with Crippen LogP contribution in [0.2, 0.25) is 0 Å². The highest BCUT2D eigenvalue weighted by atomic mass is 19.3. The average Bonchev–Trinajstić information content (AvgIpc) is 2.26. The van der Waals surface area contributed by atoms with Crippen LogP contribution >= 0.6 is 0 Å². The maximum atomic E-state index is 13.0. The standard InChI is InChI=1S/C12H24F2N2/c1-5-10(4)16-7-6-15(9(2)3)8-11(16)12(13)14/h9-12H,5-8H2,1-4H3/t10?,11-/m1/s1. The minimum Gasteiger partial charge on any atom is -0.298 e. The third-order valence-corrected chi connectivity index (χ3v) is 3.67. The minimum absolute atomic E-state index is 0.258. The van der Waals surface area contributed by atoms with Crippen LogP contribution in [0.4, 0.5) is 8.78 Å². The van der Waals surface area contributed by atoms with Crippen LogP contribution in [-0.2, 0) is 0 Å². The molecule has 0 spiro atoms. The first kappa shape index (κ1) is 13.8. The first-order valence-electron chi connectivity index (χ1n) is 6.25. The molecule has 0 N–H and O–H groups in total. The first-order chi connectivity index (χ1) is 7.47. The Labute approximate surface area is 97.6 Å². The van der Waals surface area contributed by atoms with Crippen molar-refractivity contribution in [3.8, 4) is 0 Å². The van der Waals surface area contributed by atoms with Gasteiger partial charge < -0.3 is 0 Å². The number of halogens is 2. The minimum atomic E-state index is -2.24. The van der Waals surface area contributed by atoms with E-state index in [0.29, 0.717) is 12.6 Å². The second-order valence-electron chi connectivity index (χ2n) is 4.99. The second-order valence-corrected chi connectivity index (χ2v) is 4.99. The molecule has 2 atom stereocenters. The molecule has 0 aromatic heterocycles. The maximum absolute atomic E-state index is 13.0. The molecule has 1 rings (SSSR count). The molecule has 1 aliphatic rings. The molecule has 0 amide bonds. The largest absolute Gasteiger partial charge is 0.298 e. The summed E-state index contributed by atoms with van der Waals surface area (Å²) >= 11 is 0. The molecule has 16 heavy (non-hydrogen) atoms. The van der Waals surface area contributed by atoms with Gasteiger partial charge in [0.25, 0.3) is 6.43 Å². The van der Waals surface area contributed by atoms with Gasteiger partial charge in [-0.05, 0) is 27.2 Å². The van der Waals surface area contributed by atoms with Crippen molar-refractivity contribution in [3.05, 3.63) is 0 Å². The van der Waals surface area contributed by atoms with Gasteiger partial charge in [-0.1, -0.05) is 6.92 Å². The van der Waals surface area contributed by atoms with E-state index in [9.17, 15) is 8.78 Å². The summed E-state index contributed by atoms with van der Waals surface area (Å²) in [4.78, 5) is 4.12. The Kier molecular flexibility index (Phi) is 5.12. The highest BCUT2D eigenvalue weighted by Gasteiger charge is 2.35. The first-order valence-corrected chi connectivity index (χ1v) is 6.25. The van der Waals surface area contributed by atoms with Crippen molar-refractivity contribution in [2.24, 2.45) is 0 Å². The van der Waals surface area contributed by atoms with Crippen molar-refractivity contribution in [3.63, 3.8) is 0 Å². The van der Waals surface area contributed by atoms with Crippen LogP contribution in [0.5, 0.6) is 0 Å². The van der Waals surface area contributed by atoms with Crippen LogP contribution in [0.3, 0.4) is 0 Å². The summed E-state index contributed by atoms with van der Waals surface area (Å²) in [7, 11) is 0. The van der Waals surface area contributed by atoms with Crippen molar-refractivity contribution in [1.82, 2.24) is 9.80 Å². The number of piperazine rings is 1. The second kappa shape index (κ2) is 5.92. The van der Waals surface area contributed by atoms with Gasteiger partial charge in [-0.15, -0.1) is 0 Å². The molecule has 0 radical (unpaired) electrons. The van der Waals surface area contributed by atoms with Gasteiger partial charge in [0.15, 0.2) is 0 Å². The Balaban J connectivity index is 2.67. The van der Waals surface area contributed by atoms with Gasteiger partial charge in [0.2, 0.25) is 0 Å². The van der Waals surface area contributed by atoms with Crippen molar-refractivity contribution in [1.29, 1.82) is 0 Å². The quantitative estimate of drug-likeness (QED) is 0.737. The van der Waals surface area contributed by atoms with Gasteiger partial charge >= 0.3 is 0 Å². The van der Waals surface area contributed by atoms with Crippen molar-refractivity contribution in [2.75, 3.05) is 19.6 Å². The van der Waals surface area contributed by atoms with Crippen molar-refractivity contribution >= 4 is 0 Å². The van der Waals surface area contributed by atoms with Gasteiger partial charge in [0.05, 0.1) is 6.04 Å². The van der Waals surface area contributed by atoms with Gasteiger partial charge in [-0.3, -0.25) is 9.80 Å². The van der Waals surface area contributed by atoms with E-state index in [4.69, 9.17) is 0 Å². The summed E-state index contributed by atoms with van der Waals surface area (Å²) in [5.41, 5.74) is 0. The van der Waals surface area contributed by atoms with Crippen LogP contribution in [0.25, 0.3) is 0 Å². The zero-order valence-electron chi connectivity index (χ0n) is 10.8. The van der Waals surface area contributed by atoms with E-state index in [1.54, 1.807) is 0 Å². The van der Waals surface area contributed by atoms with E-state index < -0.39 is 12.5 Å². The topological polar surface area (TPSA) is 6.48 Å². The molecule has 1 heterocycles. The van der Waals surface area contributed by atoms with E-state index >= 15 is 0 Å². The Bertz CT molecular complexity index is 209. The Morgan fingerprint density at radius 2 is 1.81 bits per heavy atom. The molecule has 1 fully saturated rings. The molecule has 1 aliphatic heterocycles.